The highest BCUT2D eigenvalue weighted by atomic mass is 19.1. The first kappa shape index (κ1) is 16.0. The SMILES string of the molecule is Cn1cc(N2Cc3cc(-c4ccc(N5CCC(F)C5)nc4)cn3C2=O)cn1. The summed E-state index contributed by atoms with van der Waals surface area (Å²) in [5.74, 6) is 0.796. The van der Waals surface area contributed by atoms with Crippen LogP contribution in [0.15, 0.2) is 43.0 Å². The average Bonchev–Trinajstić information content (AvgIpc) is 3.42. The molecule has 5 rings (SSSR count). The predicted molar refractivity (Wildman–Crippen MR) is 99.6 cm³/mol. The van der Waals surface area contributed by atoms with Crippen molar-refractivity contribution in [2.75, 3.05) is 22.9 Å². The van der Waals surface area contributed by atoms with Crippen LogP contribution in [-0.2, 0) is 13.6 Å². The highest BCUT2D eigenvalue weighted by Crippen LogP contribution is 2.30. The average molecular weight is 366 g/mol. The summed E-state index contributed by atoms with van der Waals surface area (Å²) in [4.78, 5) is 20.9. The van der Waals surface area contributed by atoms with E-state index in [-0.39, 0.29) is 6.03 Å². The zero-order valence-corrected chi connectivity index (χ0v) is 14.9. The zero-order valence-electron chi connectivity index (χ0n) is 14.9. The van der Waals surface area contributed by atoms with E-state index in [9.17, 15) is 9.18 Å². The van der Waals surface area contributed by atoms with Gasteiger partial charge in [-0.3, -0.25) is 14.1 Å². The van der Waals surface area contributed by atoms with Gasteiger partial charge in [0.2, 0.25) is 0 Å². The molecule has 3 aromatic rings. The number of carbonyl (C=O) groups is 1. The molecule has 1 atom stereocenters. The number of pyridine rings is 1. The van der Waals surface area contributed by atoms with E-state index in [0.717, 1.165) is 28.3 Å². The fraction of sp³-hybridized carbons (Fsp3) is 0.316. The van der Waals surface area contributed by atoms with E-state index in [1.165, 1.54) is 0 Å². The molecule has 1 fully saturated rings. The summed E-state index contributed by atoms with van der Waals surface area (Å²) in [6, 6.07) is 5.82. The van der Waals surface area contributed by atoms with Crippen molar-refractivity contribution in [3.05, 3.63) is 48.7 Å². The van der Waals surface area contributed by atoms with Gasteiger partial charge in [-0.25, -0.2) is 14.2 Å². The van der Waals surface area contributed by atoms with Crippen LogP contribution in [0.25, 0.3) is 11.1 Å². The van der Waals surface area contributed by atoms with E-state index < -0.39 is 6.17 Å². The number of hydrogen-bond acceptors (Lipinski definition) is 4. The first-order valence-electron chi connectivity index (χ1n) is 8.96. The lowest BCUT2D eigenvalue weighted by molar-refractivity contribution is 0.251. The van der Waals surface area contributed by atoms with Crippen LogP contribution >= 0.6 is 0 Å². The fourth-order valence-electron chi connectivity index (χ4n) is 3.74. The number of fused-ring (bicyclic) bond motifs is 1. The summed E-state index contributed by atoms with van der Waals surface area (Å²) in [6.07, 6.45) is 6.94. The van der Waals surface area contributed by atoms with Crippen molar-refractivity contribution in [3.8, 4) is 11.1 Å². The van der Waals surface area contributed by atoms with Crippen LogP contribution in [0.5, 0.6) is 0 Å². The van der Waals surface area contributed by atoms with E-state index in [1.807, 2.05) is 42.5 Å². The topological polar surface area (TPSA) is 59.2 Å². The van der Waals surface area contributed by atoms with Crippen molar-refractivity contribution in [1.82, 2.24) is 19.3 Å². The van der Waals surface area contributed by atoms with Crippen LogP contribution in [-0.4, -0.2) is 44.6 Å². The van der Waals surface area contributed by atoms with Gasteiger partial charge in [-0.15, -0.1) is 0 Å². The fourth-order valence-corrected chi connectivity index (χ4v) is 3.74. The minimum Gasteiger partial charge on any atom is -0.354 e. The summed E-state index contributed by atoms with van der Waals surface area (Å²) >= 11 is 0. The van der Waals surface area contributed by atoms with Crippen molar-refractivity contribution in [1.29, 1.82) is 0 Å². The van der Waals surface area contributed by atoms with E-state index >= 15 is 0 Å². The third-order valence-electron chi connectivity index (χ3n) is 5.20. The predicted octanol–water partition coefficient (Wildman–Crippen LogP) is 2.82. The molecule has 138 valence electrons. The minimum absolute atomic E-state index is 0.0834. The highest BCUT2D eigenvalue weighted by Gasteiger charge is 2.30. The maximum Gasteiger partial charge on any atom is 0.333 e. The Labute approximate surface area is 155 Å². The molecule has 2 aliphatic heterocycles. The molecular formula is C19H19FN6O. The molecule has 0 aromatic carbocycles. The highest BCUT2D eigenvalue weighted by molar-refractivity contribution is 5.97. The lowest BCUT2D eigenvalue weighted by atomic mass is 10.1. The van der Waals surface area contributed by atoms with Crippen molar-refractivity contribution in [3.63, 3.8) is 0 Å². The molecule has 1 saturated heterocycles. The summed E-state index contributed by atoms with van der Waals surface area (Å²) < 4.78 is 16.7. The number of anilines is 2. The lowest BCUT2D eigenvalue weighted by Crippen LogP contribution is -2.25. The third-order valence-corrected chi connectivity index (χ3v) is 5.20. The maximum atomic E-state index is 13.4. The Hall–Kier alpha value is -3.16. The Kier molecular flexibility index (Phi) is 3.53. The molecule has 2 aliphatic rings. The van der Waals surface area contributed by atoms with Gasteiger partial charge in [-0.1, -0.05) is 0 Å². The van der Waals surface area contributed by atoms with Gasteiger partial charge in [0.05, 0.1) is 25.0 Å². The molecule has 0 radical (unpaired) electrons. The molecule has 7 nitrogen and oxygen atoms in total. The maximum absolute atomic E-state index is 13.4. The van der Waals surface area contributed by atoms with E-state index in [2.05, 4.69) is 10.1 Å². The molecule has 5 heterocycles. The molecule has 8 heteroatoms. The molecule has 3 aromatic heterocycles. The second-order valence-electron chi connectivity index (χ2n) is 7.07. The number of amides is 1. The van der Waals surface area contributed by atoms with Crippen LogP contribution in [0, 0.1) is 0 Å². The Bertz CT molecular complexity index is 1010. The normalized spacial score (nSPS) is 19.2. The molecule has 0 saturated carbocycles. The van der Waals surface area contributed by atoms with E-state index in [1.54, 1.807) is 26.5 Å². The zero-order chi connectivity index (χ0) is 18.5. The van der Waals surface area contributed by atoms with Crippen molar-refractivity contribution >= 4 is 17.5 Å². The van der Waals surface area contributed by atoms with Crippen LogP contribution in [0.1, 0.15) is 12.1 Å². The molecule has 0 spiro atoms. The summed E-state index contributed by atoms with van der Waals surface area (Å²) in [7, 11) is 1.83. The number of aromatic nitrogens is 4. The largest absolute Gasteiger partial charge is 0.354 e. The second kappa shape index (κ2) is 5.94. The minimum atomic E-state index is -0.769. The van der Waals surface area contributed by atoms with E-state index in [4.69, 9.17) is 0 Å². The monoisotopic (exact) mass is 366 g/mol. The Balaban J connectivity index is 1.37. The summed E-state index contributed by atoms with van der Waals surface area (Å²) in [6.45, 7) is 1.62. The van der Waals surface area contributed by atoms with Gasteiger partial charge in [0, 0.05) is 49.0 Å². The van der Waals surface area contributed by atoms with Crippen molar-refractivity contribution in [2.24, 2.45) is 7.05 Å². The van der Waals surface area contributed by atoms with E-state index in [0.29, 0.717) is 26.1 Å². The van der Waals surface area contributed by atoms with Crippen LogP contribution < -0.4 is 9.80 Å². The van der Waals surface area contributed by atoms with Gasteiger partial charge in [-0.05, 0) is 24.6 Å². The van der Waals surface area contributed by atoms with Gasteiger partial charge < -0.3 is 4.90 Å². The molecule has 1 amide bonds. The van der Waals surface area contributed by atoms with Gasteiger partial charge in [0.15, 0.2) is 0 Å². The Morgan fingerprint density at radius 2 is 2.07 bits per heavy atom. The third kappa shape index (κ3) is 2.68. The molecule has 1 unspecified atom stereocenters. The lowest BCUT2D eigenvalue weighted by Gasteiger charge is -2.16. The molecule has 0 bridgehead atoms. The second-order valence-corrected chi connectivity index (χ2v) is 7.07. The standard InChI is InChI=1S/C19H19FN6O/c1-23-11-17(8-22-23)26-12-16-6-14(9-25(16)19(26)27)13-2-3-18(21-7-13)24-5-4-15(20)10-24/h2-3,6-9,11,15H,4-5,10,12H2,1H3. The summed E-state index contributed by atoms with van der Waals surface area (Å²) in [5, 5.41) is 4.13. The summed E-state index contributed by atoms with van der Waals surface area (Å²) in [5.41, 5.74) is 3.61. The number of carbonyl (C=O) groups excluding carboxylic acids is 1. The molecule has 27 heavy (non-hydrogen) atoms. The van der Waals surface area contributed by atoms with Crippen LogP contribution in [0.4, 0.5) is 20.7 Å². The Morgan fingerprint density at radius 1 is 1.19 bits per heavy atom. The first-order valence-corrected chi connectivity index (χ1v) is 8.96. The number of hydrogen-bond donors (Lipinski definition) is 0. The van der Waals surface area contributed by atoms with Crippen molar-refractivity contribution < 1.29 is 9.18 Å². The quantitative estimate of drug-likeness (QED) is 0.715. The van der Waals surface area contributed by atoms with Gasteiger partial charge in [-0.2, -0.15) is 5.10 Å². The van der Waals surface area contributed by atoms with Gasteiger partial charge in [0.25, 0.3) is 0 Å². The number of nitrogens with zero attached hydrogens (tertiary/aromatic N) is 6. The first-order chi connectivity index (χ1) is 13.1. The van der Waals surface area contributed by atoms with Gasteiger partial charge in [0.1, 0.15) is 12.0 Å². The number of aryl methyl sites for hydroxylation is 1. The van der Waals surface area contributed by atoms with Crippen LogP contribution in [0.3, 0.4) is 0 Å². The van der Waals surface area contributed by atoms with Crippen molar-refractivity contribution in [2.45, 2.75) is 19.1 Å². The molecule has 0 N–H and O–H groups in total. The molecule has 0 aliphatic carbocycles. The molecular weight excluding hydrogens is 347 g/mol. The number of rotatable bonds is 3. The number of alkyl halides is 1. The van der Waals surface area contributed by atoms with Gasteiger partial charge >= 0.3 is 6.03 Å². The van der Waals surface area contributed by atoms with Crippen LogP contribution in [0.2, 0.25) is 0 Å². The smallest absolute Gasteiger partial charge is 0.333 e. The Morgan fingerprint density at radius 3 is 2.70 bits per heavy atom. The number of halogens is 1.